The summed E-state index contributed by atoms with van der Waals surface area (Å²) in [7, 11) is 0. The lowest BCUT2D eigenvalue weighted by Crippen LogP contribution is -2.16. The zero-order valence-electron chi connectivity index (χ0n) is 16.6. The summed E-state index contributed by atoms with van der Waals surface area (Å²) in [5.41, 5.74) is 2.94. The van der Waals surface area contributed by atoms with Crippen LogP contribution in [-0.2, 0) is 24.2 Å². The number of phenolic OH excluding ortho intramolecular Hbond substituents is 1. The zero-order chi connectivity index (χ0) is 21.5. The Balaban J connectivity index is 1.65. The van der Waals surface area contributed by atoms with Crippen LogP contribution in [0.2, 0.25) is 0 Å². The Morgan fingerprint density at radius 1 is 1.00 bits per heavy atom. The van der Waals surface area contributed by atoms with Gasteiger partial charge in [0.2, 0.25) is 0 Å². The second kappa shape index (κ2) is 10.8. The molecule has 0 atom stereocenters. The van der Waals surface area contributed by atoms with E-state index >= 15 is 0 Å². The van der Waals surface area contributed by atoms with Crippen molar-refractivity contribution < 1.29 is 14.6 Å². The molecule has 2 N–H and O–H groups in total. The Morgan fingerprint density at radius 3 is 2.37 bits per heavy atom. The predicted molar refractivity (Wildman–Crippen MR) is 126 cm³/mol. The van der Waals surface area contributed by atoms with E-state index in [-0.39, 0.29) is 11.5 Å². The number of nitrogens with one attached hydrogen (secondary N) is 1. The van der Waals surface area contributed by atoms with Gasteiger partial charge in [-0.15, -0.1) is 0 Å². The van der Waals surface area contributed by atoms with Crippen molar-refractivity contribution in [3.8, 4) is 17.2 Å². The summed E-state index contributed by atoms with van der Waals surface area (Å²) in [6, 6.07) is 19.2. The third kappa shape index (κ3) is 6.42. The molecule has 3 aromatic rings. The first-order valence-electron chi connectivity index (χ1n) is 9.64. The van der Waals surface area contributed by atoms with E-state index in [1.165, 1.54) is 5.56 Å². The Hall–Kier alpha value is -2.15. The van der Waals surface area contributed by atoms with Gasteiger partial charge in [0.15, 0.2) is 5.75 Å². The average molecular weight is 533 g/mol. The smallest absolute Gasteiger partial charge is 0.155 e. The molecule has 30 heavy (non-hydrogen) atoms. The van der Waals surface area contributed by atoms with Crippen molar-refractivity contribution in [1.29, 1.82) is 0 Å². The minimum absolute atomic E-state index is 0.102. The van der Waals surface area contributed by atoms with Crippen molar-refractivity contribution in [2.45, 2.75) is 26.3 Å². The van der Waals surface area contributed by atoms with E-state index in [4.69, 9.17) is 4.74 Å². The maximum atomic E-state index is 11.4. The van der Waals surface area contributed by atoms with Crippen LogP contribution in [-0.4, -0.2) is 17.4 Å². The molecule has 0 heterocycles. The fourth-order valence-electron chi connectivity index (χ4n) is 3.08. The van der Waals surface area contributed by atoms with Crippen LogP contribution in [0.5, 0.6) is 17.2 Å². The van der Waals surface area contributed by atoms with Crippen molar-refractivity contribution in [1.82, 2.24) is 5.32 Å². The topological polar surface area (TPSA) is 58.6 Å². The fraction of sp³-hybridized carbons (Fsp3) is 0.208. The van der Waals surface area contributed by atoms with Gasteiger partial charge in [-0.3, -0.25) is 4.79 Å². The summed E-state index contributed by atoms with van der Waals surface area (Å²) in [6.07, 6.45) is 1.29. The summed E-state index contributed by atoms with van der Waals surface area (Å²) in [5.74, 6) is 1.57. The van der Waals surface area contributed by atoms with Gasteiger partial charge in [0.05, 0.1) is 8.95 Å². The van der Waals surface area contributed by atoms with Gasteiger partial charge in [0.25, 0.3) is 0 Å². The number of phenols is 1. The highest BCUT2D eigenvalue weighted by Crippen LogP contribution is 2.38. The minimum Gasteiger partial charge on any atom is -0.508 e. The predicted octanol–water partition coefficient (Wildman–Crippen LogP) is 6.17. The molecule has 0 aliphatic rings. The van der Waals surface area contributed by atoms with E-state index in [1.807, 2.05) is 36.4 Å². The zero-order valence-corrected chi connectivity index (χ0v) is 19.8. The lowest BCUT2D eigenvalue weighted by Gasteiger charge is -2.14. The molecule has 156 valence electrons. The van der Waals surface area contributed by atoms with Crippen LogP contribution in [0.4, 0.5) is 0 Å². The maximum absolute atomic E-state index is 11.4. The van der Waals surface area contributed by atoms with E-state index in [9.17, 15) is 9.90 Å². The Bertz CT molecular complexity index is 999. The van der Waals surface area contributed by atoms with Crippen molar-refractivity contribution in [3.05, 3.63) is 86.3 Å². The maximum Gasteiger partial charge on any atom is 0.155 e. The van der Waals surface area contributed by atoms with Crippen LogP contribution in [0.1, 0.15) is 23.6 Å². The Morgan fingerprint density at radius 2 is 1.70 bits per heavy atom. The highest BCUT2D eigenvalue weighted by molar-refractivity contribution is 9.11. The van der Waals surface area contributed by atoms with E-state index in [0.29, 0.717) is 24.5 Å². The summed E-state index contributed by atoms with van der Waals surface area (Å²) in [5, 5.41) is 13.6. The first-order chi connectivity index (χ1) is 14.4. The number of benzene rings is 3. The molecular weight excluding hydrogens is 510 g/mol. The Kier molecular flexibility index (Phi) is 8.08. The van der Waals surface area contributed by atoms with Gasteiger partial charge < -0.3 is 15.2 Å². The lowest BCUT2D eigenvalue weighted by atomic mass is 10.1. The number of halogens is 2. The number of ether oxygens (including phenoxy) is 1. The van der Waals surface area contributed by atoms with Crippen molar-refractivity contribution in [2.75, 3.05) is 6.54 Å². The molecule has 0 bridgehead atoms. The van der Waals surface area contributed by atoms with E-state index in [2.05, 4.69) is 49.3 Å². The molecule has 0 aliphatic heterocycles. The van der Waals surface area contributed by atoms with Gasteiger partial charge in [-0.05, 0) is 93.2 Å². The van der Waals surface area contributed by atoms with Crippen LogP contribution in [0.25, 0.3) is 0 Å². The number of Topliss-reactive ketones (excluding diaryl/α,β-unsaturated/α-hetero) is 1. The minimum atomic E-state index is 0.102. The molecule has 0 aliphatic carbocycles. The molecule has 0 radical (unpaired) electrons. The number of hydrogen-bond donors (Lipinski definition) is 2. The molecule has 0 spiro atoms. The molecule has 0 amide bonds. The van der Waals surface area contributed by atoms with Gasteiger partial charge in [-0.25, -0.2) is 0 Å². The average Bonchev–Trinajstić information content (AvgIpc) is 2.70. The molecule has 6 heteroatoms. The number of carbonyl (C=O) groups is 1. The second-order valence-electron chi connectivity index (χ2n) is 7.07. The van der Waals surface area contributed by atoms with Gasteiger partial charge in [0.1, 0.15) is 17.3 Å². The SMILES string of the molecule is CC(=O)Cc1cc(Br)c(Oc2ccc(O)c(CNCCc3ccccc3)c2)c(Br)c1. The van der Waals surface area contributed by atoms with Crippen LogP contribution in [0.3, 0.4) is 0 Å². The van der Waals surface area contributed by atoms with Crippen LogP contribution in [0.15, 0.2) is 69.6 Å². The molecule has 0 aromatic heterocycles. The summed E-state index contributed by atoms with van der Waals surface area (Å²) in [6.45, 7) is 2.91. The van der Waals surface area contributed by atoms with Crippen molar-refractivity contribution >= 4 is 37.6 Å². The van der Waals surface area contributed by atoms with E-state index < -0.39 is 0 Å². The summed E-state index contributed by atoms with van der Waals surface area (Å²) < 4.78 is 7.56. The summed E-state index contributed by atoms with van der Waals surface area (Å²) in [4.78, 5) is 11.4. The van der Waals surface area contributed by atoms with Gasteiger partial charge in [-0.2, -0.15) is 0 Å². The monoisotopic (exact) mass is 531 g/mol. The Labute approximate surface area is 193 Å². The van der Waals surface area contributed by atoms with Crippen LogP contribution >= 0.6 is 31.9 Å². The third-order valence-corrected chi connectivity index (χ3v) is 5.71. The molecule has 0 unspecified atom stereocenters. The quantitative estimate of drug-likeness (QED) is 0.323. The first-order valence-corrected chi connectivity index (χ1v) is 11.2. The first kappa shape index (κ1) is 22.5. The molecule has 0 saturated carbocycles. The summed E-state index contributed by atoms with van der Waals surface area (Å²) >= 11 is 7.05. The van der Waals surface area contributed by atoms with Gasteiger partial charge in [-0.1, -0.05) is 30.3 Å². The molecule has 0 saturated heterocycles. The fourth-order valence-corrected chi connectivity index (χ4v) is 4.53. The van der Waals surface area contributed by atoms with Crippen molar-refractivity contribution in [3.63, 3.8) is 0 Å². The standard InChI is InChI=1S/C24H23Br2NO3/c1-16(28)11-18-12-21(25)24(22(26)13-18)30-20-7-8-23(29)19(14-20)15-27-10-9-17-5-3-2-4-6-17/h2-8,12-14,27,29H,9-11,15H2,1H3. The molecule has 0 fully saturated rings. The normalized spacial score (nSPS) is 10.8. The highest BCUT2D eigenvalue weighted by atomic mass is 79.9. The highest BCUT2D eigenvalue weighted by Gasteiger charge is 2.12. The lowest BCUT2D eigenvalue weighted by molar-refractivity contribution is -0.116. The molecule has 4 nitrogen and oxygen atoms in total. The van der Waals surface area contributed by atoms with E-state index in [1.54, 1.807) is 19.1 Å². The van der Waals surface area contributed by atoms with Crippen LogP contribution in [0, 0.1) is 0 Å². The molecule has 3 aromatic carbocycles. The second-order valence-corrected chi connectivity index (χ2v) is 8.78. The molecule has 3 rings (SSSR count). The van der Waals surface area contributed by atoms with Gasteiger partial charge in [0, 0.05) is 18.5 Å². The number of hydrogen-bond acceptors (Lipinski definition) is 4. The van der Waals surface area contributed by atoms with Crippen molar-refractivity contribution in [2.24, 2.45) is 0 Å². The largest absolute Gasteiger partial charge is 0.508 e. The number of carbonyl (C=O) groups excluding carboxylic acids is 1. The number of rotatable bonds is 9. The molecular formula is C24H23Br2NO3. The third-order valence-electron chi connectivity index (χ3n) is 4.53. The number of ketones is 1. The van der Waals surface area contributed by atoms with Gasteiger partial charge >= 0.3 is 0 Å². The number of aromatic hydroxyl groups is 1. The van der Waals surface area contributed by atoms with Crippen LogP contribution < -0.4 is 10.1 Å². The van der Waals surface area contributed by atoms with E-state index in [0.717, 1.165) is 33.0 Å².